The van der Waals surface area contributed by atoms with Gasteiger partial charge in [0.15, 0.2) is 11.4 Å². The zero-order chi connectivity index (χ0) is 24.6. The summed E-state index contributed by atoms with van der Waals surface area (Å²) in [4.78, 5) is 21.6. The molecule has 2 aromatic carbocycles. The minimum absolute atomic E-state index is 0.221. The number of benzene rings is 2. The van der Waals surface area contributed by atoms with Crippen LogP contribution < -0.4 is 21.1 Å². The van der Waals surface area contributed by atoms with Gasteiger partial charge < -0.3 is 25.5 Å². The molecule has 10 nitrogen and oxygen atoms in total. The number of piperidine rings is 1. The van der Waals surface area contributed by atoms with E-state index >= 15 is 0 Å². The van der Waals surface area contributed by atoms with Crippen molar-refractivity contribution >= 4 is 39.4 Å². The Kier molecular flexibility index (Phi) is 5.49. The van der Waals surface area contributed by atoms with Crippen molar-refractivity contribution < 1.29 is 13.9 Å². The van der Waals surface area contributed by atoms with Gasteiger partial charge in [0.05, 0.1) is 24.2 Å². The zero-order valence-corrected chi connectivity index (χ0v) is 19.7. The molecule has 0 aliphatic carbocycles. The van der Waals surface area contributed by atoms with Gasteiger partial charge in [-0.05, 0) is 50.2 Å². The van der Waals surface area contributed by atoms with E-state index in [2.05, 4.69) is 20.6 Å². The number of carbonyl (C=O) groups excluding carboxylic acids is 1. The number of anilines is 2. The van der Waals surface area contributed by atoms with Gasteiger partial charge in [0, 0.05) is 10.9 Å². The largest absolute Gasteiger partial charge is 0.495 e. The summed E-state index contributed by atoms with van der Waals surface area (Å²) in [5.41, 5.74) is 9.62. The number of nitrogen functional groups attached to an aromatic ring is 1. The average molecular weight is 484 g/mol. The van der Waals surface area contributed by atoms with E-state index in [1.165, 1.54) is 6.33 Å². The van der Waals surface area contributed by atoms with Gasteiger partial charge in [-0.2, -0.15) is 5.10 Å². The first-order chi connectivity index (χ1) is 17.6. The van der Waals surface area contributed by atoms with Gasteiger partial charge >= 0.3 is 0 Å². The number of rotatable bonds is 5. The lowest BCUT2D eigenvalue weighted by molar-refractivity contribution is 0.0998. The van der Waals surface area contributed by atoms with Crippen LogP contribution in [0.3, 0.4) is 0 Å². The second-order valence-corrected chi connectivity index (χ2v) is 8.75. The number of ether oxygens (including phenoxy) is 1. The van der Waals surface area contributed by atoms with Crippen molar-refractivity contribution in [2.24, 2.45) is 0 Å². The Bertz CT molecular complexity index is 1550. The summed E-state index contributed by atoms with van der Waals surface area (Å²) in [6.07, 6.45) is 3.38. The van der Waals surface area contributed by atoms with Gasteiger partial charge in [0.1, 0.15) is 29.2 Å². The van der Waals surface area contributed by atoms with Crippen LogP contribution in [-0.2, 0) is 0 Å². The number of methoxy groups -OCH3 is 1. The van der Waals surface area contributed by atoms with Crippen LogP contribution in [-0.4, -0.2) is 45.9 Å². The zero-order valence-electron chi connectivity index (χ0n) is 19.7. The van der Waals surface area contributed by atoms with E-state index in [1.54, 1.807) is 19.2 Å². The molecule has 4 heterocycles. The Morgan fingerprint density at radius 2 is 2.00 bits per heavy atom. The Labute approximate surface area is 206 Å². The Morgan fingerprint density at radius 3 is 2.81 bits per heavy atom. The average Bonchev–Trinajstić information content (AvgIpc) is 3.52. The Morgan fingerprint density at radius 1 is 1.17 bits per heavy atom. The van der Waals surface area contributed by atoms with Crippen LogP contribution in [0.15, 0.2) is 59.3 Å². The summed E-state index contributed by atoms with van der Waals surface area (Å²) < 4.78 is 13.3. The van der Waals surface area contributed by atoms with E-state index < -0.39 is 0 Å². The second kappa shape index (κ2) is 8.97. The molecular weight excluding hydrogens is 458 g/mol. The predicted molar refractivity (Wildman–Crippen MR) is 137 cm³/mol. The van der Waals surface area contributed by atoms with Gasteiger partial charge in [-0.15, -0.1) is 0 Å². The van der Waals surface area contributed by atoms with Gasteiger partial charge in [0.25, 0.3) is 5.91 Å². The lowest BCUT2D eigenvalue weighted by Crippen LogP contribution is -2.30. The Hall–Kier alpha value is -4.44. The maximum Gasteiger partial charge on any atom is 0.291 e. The molecule has 1 saturated heterocycles. The molecule has 0 atom stereocenters. The molecule has 0 radical (unpaired) electrons. The van der Waals surface area contributed by atoms with Crippen molar-refractivity contribution in [2.45, 2.75) is 18.9 Å². The first kappa shape index (κ1) is 22.1. The van der Waals surface area contributed by atoms with Crippen LogP contribution in [0.5, 0.6) is 5.75 Å². The second-order valence-electron chi connectivity index (χ2n) is 8.75. The maximum atomic E-state index is 12.9. The molecule has 10 heteroatoms. The number of aromatic nitrogens is 4. The highest BCUT2D eigenvalue weighted by molar-refractivity contribution is 6.06. The van der Waals surface area contributed by atoms with Crippen LogP contribution in [0, 0.1) is 0 Å². The molecule has 6 rings (SSSR count). The number of furan rings is 1. The SMILES string of the molecule is COc1cc(-c2nn(C3CCNCC3)c3ncnc(N)c23)ccc1NC(=O)c1cc2ccccc2o1. The number of nitrogens with two attached hydrogens (primary N) is 1. The molecule has 1 aliphatic rings. The summed E-state index contributed by atoms with van der Waals surface area (Å²) in [5.74, 6) is 0.711. The molecule has 1 aliphatic heterocycles. The third-order valence-corrected chi connectivity index (χ3v) is 6.55. The normalized spacial score (nSPS) is 14.4. The van der Waals surface area contributed by atoms with Crippen LogP contribution in [0.2, 0.25) is 0 Å². The molecule has 0 spiro atoms. The lowest BCUT2D eigenvalue weighted by Gasteiger charge is -2.23. The minimum Gasteiger partial charge on any atom is -0.495 e. The highest BCUT2D eigenvalue weighted by Crippen LogP contribution is 2.37. The molecule has 36 heavy (non-hydrogen) atoms. The molecule has 4 N–H and O–H groups in total. The minimum atomic E-state index is -0.365. The molecule has 0 unspecified atom stereocenters. The number of amides is 1. The number of fused-ring (bicyclic) bond motifs is 2. The van der Waals surface area contributed by atoms with Crippen LogP contribution in [0.1, 0.15) is 29.4 Å². The van der Waals surface area contributed by atoms with E-state index in [0.29, 0.717) is 39.6 Å². The number of nitrogens with zero attached hydrogens (tertiary/aromatic N) is 4. The van der Waals surface area contributed by atoms with Crippen LogP contribution >= 0.6 is 0 Å². The van der Waals surface area contributed by atoms with Crippen molar-refractivity contribution in [3.63, 3.8) is 0 Å². The topological polar surface area (TPSA) is 133 Å². The molecule has 1 amide bonds. The van der Waals surface area contributed by atoms with E-state index in [1.807, 2.05) is 41.1 Å². The highest BCUT2D eigenvalue weighted by atomic mass is 16.5. The first-order valence-corrected chi connectivity index (χ1v) is 11.8. The highest BCUT2D eigenvalue weighted by Gasteiger charge is 2.24. The monoisotopic (exact) mass is 483 g/mol. The summed E-state index contributed by atoms with van der Waals surface area (Å²) in [6.45, 7) is 1.85. The maximum absolute atomic E-state index is 12.9. The standard InChI is InChI=1S/C26H25N7O3/c1-35-20-13-16(6-7-18(20)31-26(34)21-12-15-4-2-3-5-19(15)36-21)23-22-24(27)29-14-30-25(22)33(32-23)17-8-10-28-11-9-17/h2-7,12-14,17,28H,8-11H2,1H3,(H,31,34)(H2,27,29,30). The summed E-state index contributed by atoms with van der Waals surface area (Å²) >= 11 is 0. The summed E-state index contributed by atoms with van der Waals surface area (Å²) in [5, 5.41) is 12.8. The van der Waals surface area contributed by atoms with Crippen LogP contribution in [0.25, 0.3) is 33.3 Å². The third-order valence-electron chi connectivity index (χ3n) is 6.55. The molecule has 3 aromatic heterocycles. The fourth-order valence-corrected chi connectivity index (χ4v) is 4.72. The van der Waals surface area contributed by atoms with Crippen molar-refractivity contribution in [3.05, 3.63) is 60.6 Å². The number of nitrogens with one attached hydrogen (secondary N) is 2. The summed E-state index contributed by atoms with van der Waals surface area (Å²) in [6, 6.07) is 14.9. The van der Waals surface area contributed by atoms with Gasteiger partial charge in [-0.1, -0.05) is 24.3 Å². The number of carbonyl (C=O) groups is 1. The van der Waals surface area contributed by atoms with Gasteiger partial charge in [-0.25, -0.2) is 14.6 Å². The van der Waals surface area contributed by atoms with Gasteiger partial charge in [-0.3, -0.25) is 4.79 Å². The van der Waals surface area contributed by atoms with Crippen molar-refractivity contribution in [3.8, 4) is 17.0 Å². The number of hydrogen-bond acceptors (Lipinski definition) is 8. The lowest BCUT2D eigenvalue weighted by atomic mass is 10.1. The Balaban J connectivity index is 1.36. The van der Waals surface area contributed by atoms with E-state index in [-0.39, 0.29) is 17.7 Å². The third kappa shape index (κ3) is 3.81. The van der Waals surface area contributed by atoms with Crippen molar-refractivity contribution in [1.29, 1.82) is 0 Å². The van der Waals surface area contributed by atoms with E-state index in [0.717, 1.165) is 36.9 Å². The van der Waals surface area contributed by atoms with E-state index in [9.17, 15) is 4.79 Å². The van der Waals surface area contributed by atoms with Gasteiger partial charge in [0.2, 0.25) is 0 Å². The summed E-state index contributed by atoms with van der Waals surface area (Å²) in [7, 11) is 1.55. The van der Waals surface area contributed by atoms with Crippen molar-refractivity contribution in [2.75, 3.05) is 31.2 Å². The molecule has 5 aromatic rings. The molecule has 182 valence electrons. The number of hydrogen-bond donors (Lipinski definition) is 3. The molecular formula is C26H25N7O3. The molecule has 1 fully saturated rings. The smallest absolute Gasteiger partial charge is 0.291 e. The first-order valence-electron chi connectivity index (χ1n) is 11.8. The molecule has 0 saturated carbocycles. The quantitative estimate of drug-likeness (QED) is 0.342. The predicted octanol–water partition coefficient (Wildman–Crippen LogP) is 4.01. The fourth-order valence-electron chi connectivity index (χ4n) is 4.72. The van der Waals surface area contributed by atoms with E-state index in [4.69, 9.17) is 20.0 Å². The van der Waals surface area contributed by atoms with Crippen molar-refractivity contribution in [1.82, 2.24) is 25.1 Å². The number of para-hydroxylation sites is 1. The fraction of sp³-hybridized carbons (Fsp3) is 0.231. The van der Waals surface area contributed by atoms with Crippen LogP contribution in [0.4, 0.5) is 11.5 Å². The molecule has 0 bridgehead atoms.